The second-order valence-corrected chi connectivity index (χ2v) is 6.43. The molecule has 0 spiro atoms. The van der Waals surface area contributed by atoms with Crippen molar-refractivity contribution in [2.24, 2.45) is 0 Å². The minimum Gasteiger partial charge on any atom is -0.497 e. The Morgan fingerprint density at radius 1 is 1.09 bits per heavy atom. The van der Waals surface area contributed by atoms with Gasteiger partial charge in [-0.05, 0) is 30.7 Å². The number of methoxy groups -OCH3 is 2. The molecule has 122 valence electrons. The van der Waals surface area contributed by atoms with E-state index in [0.29, 0.717) is 17.0 Å². The minimum absolute atomic E-state index is 0.0189. The topological polar surface area (TPSA) is 81.7 Å². The van der Waals surface area contributed by atoms with Crippen LogP contribution in [0.4, 0.5) is 5.69 Å². The standard InChI is InChI=1S/C16H17NO5S/c1-11-6-4-9-14(15(11)16(18)22-3)23(19,20)17-12-7-5-8-13(10-12)21-2/h4-10,17H,1-3H3. The highest BCUT2D eigenvalue weighted by molar-refractivity contribution is 7.92. The molecule has 0 aromatic heterocycles. The van der Waals surface area contributed by atoms with Crippen molar-refractivity contribution in [1.29, 1.82) is 0 Å². The number of anilines is 1. The van der Waals surface area contributed by atoms with Crippen molar-refractivity contribution in [3.8, 4) is 5.75 Å². The predicted molar refractivity (Wildman–Crippen MR) is 86.3 cm³/mol. The molecule has 0 atom stereocenters. The van der Waals surface area contributed by atoms with Crippen molar-refractivity contribution in [2.75, 3.05) is 18.9 Å². The lowest BCUT2D eigenvalue weighted by molar-refractivity contribution is 0.0595. The average molecular weight is 335 g/mol. The van der Waals surface area contributed by atoms with Crippen molar-refractivity contribution in [3.05, 3.63) is 53.6 Å². The van der Waals surface area contributed by atoms with Crippen molar-refractivity contribution in [3.63, 3.8) is 0 Å². The molecule has 0 radical (unpaired) electrons. The molecule has 0 aliphatic carbocycles. The van der Waals surface area contributed by atoms with Gasteiger partial charge in [0.1, 0.15) is 10.6 Å². The fourth-order valence-corrected chi connectivity index (χ4v) is 3.44. The van der Waals surface area contributed by atoms with Crippen LogP contribution in [-0.2, 0) is 14.8 Å². The predicted octanol–water partition coefficient (Wildman–Crippen LogP) is 2.59. The number of nitrogens with one attached hydrogen (secondary N) is 1. The first-order valence-corrected chi connectivity index (χ1v) is 8.22. The number of hydrogen-bond donors (Lipinski definition) is 1. The Hall–Kier alpha value is -2.54. The van der Waals surface area contributed by atoms with E-state index in [-0.39, 0.29) is 10.5 Å². The molecular formula is C16H17NO5S. The lowest BCUT2D eigenvalue weighted by Crippen LogP contribution is -2.18. The maximum Gasteiger partial charge on any atom is 0.339 e. The second kappa shape index (κ2) is 6.70. The Morgan fingerprint density at radius 2 is 1.78 bits per heavy atom. The van der Waals surface area contributed by atoms with Crippen LogP contribution in [-0.4, -0.2) is 28.6 Å². The number of rotatable bonds is 5. The third-order valence-corrected chi connectivity index (χ3v) is 4.66. The summed E-state index contributed by atoms with van der Waals surface area (Å²) in [6.07, 6.45) is 0. The fourth-order valence-electron chi connectivity index (χ4n) is 2.13. The third kappa shape index (κ3) is 3.62. The summed E-state index contributed by atoms with van der Waals surface area (Å²) in [4.78, 5) is 11.8. The van der Waals surface area contributed by atoms with Gasteiger partial charge in [-0.15, -0.1) is 0 Å². The Kier molecular flexibility index (Phi) is 4.90. The number of carbonyl (C=O) groups excluding carboxylic acids is 1. The van der Waals surface area contributed by atoms with Gasteiger partial charge in [0.15, 0.2) is 0 Å². The first kappa shape index (κ1) is 16.8. The first-order valence-electron chi connectivity index (χ1n) is 6.74. The van der Waals surface area contributed by atoms with Crippen molar-refractivity contribution in [1.82, 2.24) is 0 Å². The lowest BCUT2D eigenvalue weighted by atomic mass is 10.1. The summed E-state index contributed by atoms with van der Waals surface area (Å²) in [6, 6.07) is 11.1. The van der Waals surface area contributed by atoms with E-state index in [9.17, 15) is 13.2 Å². The van der Waals surface area contributed by atoms with E-state index in [1.54, 1.807) is 43.3 Å². The summed E-state index contributed by atoms with van der Waals surface area (Å²) in [5, 5.41) is 0. The van der Waals surface area contributed by atoms with E-state index in [4.69, 9.17) is 4.74 Å². The lowest BCUT2D eigenvalue weighted by Gasteiger charge is -2.13. The van der Waals surface area contributed by atoms with Gasteiger partial charge in [0.05, 0.1) is 25.5 Å². The molecule has 0 saturated heterocycles. The third-order valence-electron chi connectivity index (χ3n) is 3.24. The fraction of sp³-hybridized carbons (Fsp3) is 0.188. The van der Waals surface area contributed by atoms with Gasteiger partial charge in [0.25, 0.3) is 10.0 Å². The molecule has 0 aliphatic heterocycles. The zero-order chi connectivity index (χ0) is 17.0. The van der Waals surface area contributed by atoms with Crippen LogP contribution in [0.2, 0.25) is 0 Å². The highest BCUT2D eigenvalue weighted by atomic mass is 32.2. The molecule has 0 aliphatic rings. The maximum absolute atomic E-state index is 12.6. The second-order valence-electron chi connectivity index (χ2n) is 4.78. The van der Waals surface area contributed by atoms with Gasteiger partial charge in [-0.2, -0.15) is 0 Å². The number of benzene rings is 2. The summed E-state index contributed by atoms with van der Waals surface area (Å²) in [6.45, 7) is 1.65. The van der Waals surface area contributed by atoms with Crippen LogP contribution in [0.3, 0.4) is 0 Å². The number of esters is 1. The zero-order valence-electron chi connectivity index (χ0n) is 13.0. The molecule has 0 fully saturated rings. The number of ether oxygens (including phenoxy) is 2. The summed E-state index contributed by atoms with van der Waals surface area (Å²) in [7, 11) is -1.25. The van der Waals surface area contributed by atoms with Crippen LogP contribution in [0, 0.1) is 6.92 Å². The van der Waals surface area contributed by atoms with Crippen LogP contribution in [0.25, 0.3) is 0 Å². The van der Waals surface area contributed by atoms with Gasteiger partial charge in [0, 0.05) is 6.07 Å². The Balaban J connectivity index is 2.48. The molecule has 0 bridgehead atoms. The molecular weight excluding hydrogens is 318 g/mol. The summed E-state index contributed by atoms with van der Waals surface area (Å²) in [5.41, 5.74) is 0.873. The van der Waals surface area contributed by atoms with Gasteiger partial charge >= 0.3 is 5.97 Å². The van der Waals surface area contributed by atoms with Gasteiger partial charge in [-0.1, -0.05) is 18.2 Å². The van der Waals surface area contributed by atoms with Crippen LogP contribution < -0.4 is 9.46 Å². The van der Waals surface area contributed by atoms with Gasteiger partial charge in [-0.3, -0.25) is 4.72 Å². The molecule has 0 saturated carbocycles. The Bertz CT molecular complexity index is 830. The largest absolute Gasteiger partial charge is 0.497 e. The van der Waals surface area contributed by atoms with Crippen LogP contribution in [0.1, 0.15) is 15.9 Å². The van der Waals surface area contributed by atoms with Crippen molar-refractivity contribution in [2.45, 2.75) is 11.8 Å². The molecule has 0 unspecified atom stereocenters. The Labute approximate surface area is 135 Å². The van der Waals surface area contributed by atoms with Gasteiger partial charge in [-0.25, -0.2) is 13.2 Å². The molecule has 1 N–H and O–H groups in total. The highest BCUT2D eigenvalue weighted by Crippen LogP contribution is 2.24. The molecule has 2 rings (SSSR count). The number of carbonyl (C=O) groups is 1. The quantitative estimate of drug-likeness (QED) is 0.849. The summed E-state index contributed by atoms with van der Waals surface area (Å²) in [5.74, 6) is -0.184. The normalized spacial score (nSPS) is 10.9. The van der Waals surface area contributed by atoms with Gasteiger partial charge in [0.2, 0.25) is 0 Å². The first-order chi connectivity index (χ1) is 10.9. The average Bonchev–Trinajstić information content (AvgIpc) is 2.53. The smallest absolute Gasteiger partial charge is 0.339 e. The van der Waals surface area contributed by atoms with E-state index in [2.05, 4.69) is 9.46 Å². The van der Waals surface area contributed by atoms with Crippen LogP contribution in [0.15, 0.2) is 47.4 Å². The van der Waals surface area contributed by atoms with E-state index in [1.807, 2.05) is 0 Å². The van der Waals surface area contributed by atoms with E-state index < -0.39 is 16.0 Å². The molecule has 0 amide bonds. The highest BCUT2D eigenvalue weighted by Gasteiger charge is 2.24. The number of sulfonamides is 1. The monoisotopic (exact) mass is 335 g/mol. The number of hydrogen-bond acceptors (Lipinski definition) is 5. The molecule has 2 aromatic carbocycles. The number of aryl methyl sites for hydroxylation is 1. The minimum atomic E-state index is -3.95. The molecule has 0 heterocycles. The van der Waals surface area contributed by atoms with Crippen molar-refractivity contribution < 1.29 is 22.7 Å². The van der Waals surface area contributed by atoms with E-state index >= 15 is 0 Å². The summed E-state index contributed by atoms with van der Waals surface area (Å²) < 4.78 is 37.5. The molecule has 23 heavy (non-hydrogen) atoms. The van der Waals surface area contributed by atoms with E-state index in [0.717, 1.165) is 0 Å². The summed E-state index contributed by atoms with van der Waals surface area (Å²) >= 11 is 0. The van der Waals surface area contributed by atoms with Crippen LogP contribution in [0.5, 0.6) is 5.75 Å². The SMILES string of the molecule is COC(=O)c1c(C)cccc1S(=O)(=O)Nc1cccc(OC)c1. The van der Waals surface area contributed by atoms with Gasteiger partial charge < -0.3 is 9.47 Å². The van der Waals surface area contributed by atoms with E-state index in [1.165, 1.54) is 20.3 Å². The van der Waals surface area contributed by atoms with Crippen molar-refractivity contribution >= 4 is 21.7 Å². The molecule has 7 heteroatoms. The zero-order valence-corrected chi connectivity index (χ0v) is 13.8. The Morgan fingerprint density at radius 3 is 2.43 bits per heavy atom. The molecule has 6 nitrogen and oxygen atoms in total. The van der Waals surface area contributed by atoms with Crippen LogP contribution >= 0.6 is 0 Å². The maximum atomic E-state index is 12.6. The molecule has 2 aromatic rings.